The van der Waals surface area contributed by atoms with E-state index in [1.165, 1.54) is 5.56 Å². The molecule has 0 bridgehead atoms. The van der Waals surface area contributed by atoms with E-state index < -0.39 is 0 Å². The molecule has 1 aromatic rings. The highest BCUT2D eigenvalue weighted by molar-refractivity contribution is 9.10. The molecule has 1 fully saturated rings. The summed E-state index contributed by atoms with van der Waals surface area (Å²) in [6.07, 6.45) is 2.17. The van der Waals surface area contributed by atoms with Gasteiger partial charge in [-0.05, 0) is 37.5 Å². The van der Waals surface area contributed by atoms with Crippen molar-refractivity contribution in [1.29, 1.82) is 0 Å². The molecule has 1 aliphatic carbocycles. The molecule has 0 spiro atoms. The average molecular weight is 256 g/mol. The predicted molar refractivity (Wildman–Crippen MR) is 60.5 cm³/mol. The van der Waals surface area contributed by atoms with E-state index in [0.717, 1.165) is 23.1 Å². The van der Waals surface area contributed by atoms with Gasteiger partial charge in [0.15, 0.2) is 0 Å². The van der Waals surface area contributed by atoms with E-state index >= 15 is 0 Å². The molecule has 0 atom stereocenters. The molecular formula is C11H14BrNO. The minimum atomic E-state index is -0.0443. The van der Waals surface area contributed by atoms with Crippen LogP contribution in [0.4, 0.5) is 0 Å². The highest BCUT2D eigenvalue weighted by Gasteiger charge is 2.39. The van der Waals surface area contributed by atoms with Gasteiger partial charge in [-0.15, -0.1) is 0 Å². The Morgan fingerprint density at radius 3 is 2.79 bits per heavy atom. The number of ether oxygens (including phenoxy) is 1. The zero-order chi connectivity index (χ0) is 10.2. The number of aryl methyl sites for hydroxylation is 1. The first-order chi connectivity index (χ1) is 6.59. The number of hydrogen-bond donors (Lipinski definition) is 1. The third-order valence-corrected chi connectivity index (χ3v) is 3.42. The van der Waals surface area contributed by atoms with Crippen LogP contribution in [-0.2, 0) is 0 Å². The quantitative estimate of drug-likeness (QED) is 0.902. The highest BCUT2D eigenvalue weighted by Crippen LogP contribution is 2.33. The number of rotatable bonds is 3. The molecular weight excluding hydrogens is 242 g/mol. The monoisotopic (exact) mass is 255 g/mol. The lowest BCUT2D eigenvalue weighted by atomic mass is 10.2. The van der Waals surface area contributed by atoms with Crippen molar-refractivity contribution in [3.8, 4) is 5.75 Å². The van der Waals surface area contributed by atoms with Gasteiger partial charge in [0.1, 0.15) is 12.4 Å². The molecule has 0 aromatic heterocycles. The first-order valence-electron chi connectivity index (χ1n) is 4.77. The Morgan fingerprint density at radius 1 is 1.50 bits per heavy atom. The van der Waals surface area contributed by atoms with Crippen LogP contribution in [0.1, 0.15) is 18.4 Å². The second kappa shape index (κ2) is 3.55. The molecule has 1 aliphatic rings. The van der Waals surface area contributed by atoms with E-state index in [2.05, 4.69) is 22.9 Å². The topological polar surface area (TPSA) is 35.2 Å². The Hall–Kier alpha value is -0.540. The van der Waals surface area contributed by atoms with Gasteiger partial charge < -0.3 is 10.5 Å². The lowest BCUT2D eigenvalue weighted by Gasteiger charge is -2.11. The summed E-state index contributed by atoms with van der Waals surface area (Å²) >= 11 is 3.47. The van der Waals surface area contributed by atoms with Crippen LogP contribution in [0.25, 0.3) is 0 Å². The van der Waals surface area contributed by atoms with Crippen molar-refractivity contribution in [2.24, 2.45) is 5.73 Å². The van der Waals surface area contributed by atoms with Crippen molar-refractivity contribution in [3.63, 3.8) is 0 Å². The minimum absolute atomic E-state index is 0.0443. The molecule has 2 rings (SSSR count). The van der Waals surface area contributed by atoms with Crippen molar-refractivity contribution >= 4 is 15.9 Å². The normalized spacial score (nSPS) is 17.9. The summed E-state index contributed by atoms with van der Waals surface area (Å²) in [6, 6.07) is 6.00. The molecule has 2 N–H and O–H groups in total. The van der Waals surface area contributed by atoms with E-state index in [1.807, 2.05) is 18.2 Å². The molecule has 1 aromatic carbocycles. The second-order valence-corrected chi connectivity index (χ2v) is 4.92. The van der Waals surface area contributed by atoms with E-state index in [-0.39, 0.29) is 5.54 Å². The molecule has 14 heavy (non-hydrogen) atoms. The maximum absolute atomic E-state index is 5.93. The Kier molecular flexibility index (Phi) is 2.54. The molecule has 2 nitrogen and oxygen atoms in total. The average Bonchev–Trinajstić information content (AvgIpc) is 2.87. The Balaban J connectivity index is 1.99. The van der Waals surface area contributed by atoms with Crippen LogP contribution in [-0.4, -0.2) is 12.1 Å². The Bertz CT molecular complexity index is 347. The van der Waals surface area contributed by atoms with Gasteiger partial charge in [-0.2, -0.15) is 0 Å². The van der Waals surface area contributed by atoms with Gasteiger partial charge in [-0.1, -0.05) is 22.0 Å². The van der Waals surface area contributed by atoms with Crippen LogP contribution in [0.5, 0.6) is 5.75 Å². The van der Waals surface area contributed by atoms with Crippen LogP contribution in [0.2, 0.25) is 0 Å². The molecule has 76 valence electrons. The lowest BCUT2D eigenvalue weighted by molar-refractivity contribution is 0.279. The zero-order valence-corrected chi connectivity index (χ0v) is 9.80. The van der Waals surface area contributed by atoms with Gasteiger partial charge >= 0.3 is 0 Å². The summed E-state index contributed by atoms with van der Waals surface area (Å²) in [5.74, 6) is 0.888. The molecule has 0 saturated heterocycles. The SMILES string of the molecule is Cc1ccc(OCC2(N)CC2)cc1Br. The smallest absolute Gasteiger partial charge is 0.120 e. The Morgan fingerprint density at radius 2 is 2.21 bits per heavy atom. The standard InChI is InChI=1S/C11H14BrNO/c1-8-2-3-9(6-10(8)12)14-7-11(13)4-5-11/h2-3,6H,4-5,7,13H2,1H3. The van der Waals surface area contributed by atoms with Gasteiger partial charge in [0.25, 0.3) is 0 Å². The van der Waals surface area contributed by atoms with Gasteiger partial charge in [-0.25, -0.2) is 0 Å². The summed E-state index contributed by atoms with van der Waals surface area (Å²) in [7, 11) is 0. The fraction of sp³-hybridized carbons (Fsp3) is 0.455. The van der Waals surface area contributed by atoms with Crippen molar-refractivity contribution < 1.29 is 4.74 Å². The van der Waals surface area contributed by atoms with E-state index in [9.17, 15) is 0 Å². The summed E-state index contributed by atoms with van der Waals surface area (Å²) in [5, 5.41) is 0. The molecule has 1 saturated carbocycles. The fourth-order valence-electron chi connectivity index (χ4n) is 1.20. The fourth-order valence-corrected chi connectivity index (χ4v) is 1.55. The molecule has 0 unspecified atom stereocenters. The molecule has 0 heterocycles. The number of hydrogen-bond acceptors (Lipinski definition) is 2. The first kappa shape index (κ1) is 9.99. The van der Waals surface area contributed by atoms with Crippen LogP contribution in [0.15, 0.2) is 22.7 Å². The predicted octanol–water partition coefficient (Wildman–Crippen LogP) is 2.63. The molecule has 3 heteroatoms. The molecule has 0 radical (unpaired) electrons. The maximum Gasteiger partial charge on any atom is 0.120 e. The van der Waals surface area contributed by atoms with E-state index in [1.54, 1.807) is 0 Å². The van der Waals surface area contributed by atoms with E-state index in [0.29, 0.717) is 6.61 Å². The number of nitrogens with two attached hydrogens (primary N) is 1. The third kappa shape index (κ3) is 2.28. The number of benzene rings is 1. The minimum Gasteiger partial charge on any atom is -0.492 e. The van der Waals surface area contributed by atoms with Gasteiger partial charge in [-0.3, -0.25) is 0 Å². The first-order valence-corrected chi connectivity index (χ1v) is 5.56. The van der Waals surface area contributed by atoms with Crippen LogP contribution in [0.3, 0.4) is 0 Å². The van der Waals surface area contributed by atoms with Crippen molar-refractivity contribution in [1.82, 2.24) is 0 Å². The lowest BCUT2D eigenvalue weighted by Crippen LogP contribution is -2.29. The molecule has 0 amide bonds. The van der Waals surface area contributed by atoms with Gasteiger partial charge in [0.05, 0.1) is 5.54 Å². The molecule has 0 aliphatic heterocycles. The third-order valence-electron chi connectivity index (χ3n) is 2.56. The summed E-state index contributed by atoms with van der Waals surface area (Å²) < 4.78 is 6.69. The summed E-state index contributed by atoms with van der Waals surface area (Å²) in [6.45, 7) is 2.68. The van der Waals surface area contributed by atoms with Crippen molar-refractivity contribution in [2.75, 3.05) is 6.61 Å². The van der Waals surface area contributed by atoms with Gasteiger partial charge in [0.2, 0.25) is 0 Å². The Labute approximate surface area is 92.6 Å². The zero-order valence-electron chi connectivity index (χ0n) is 8.22. The van der Waals surface area contributed by atoms with Crippen LogP contribution >= 0.6 is 15.9 Å². The second-order valence-electron chi connectivity index (χ2n) is 4.06. The van der Waals surface area contributed by atoms with Crippen LogP contribution < -0.4 is 10.5 Å². The van der Waals surface area contributed by atoms with Crippen molar-refractivity contribution in [2.45, 2.75) is 25.3 Å². The van der Waals surface area contributed by atoms with E-state index in [4.69, 9.17) is 10.5 Å². The summed E-state index contributed by atoms with van der Waals surface area (Å²) in [4.78, 5) is 0. The van der Waals surface area contributed by atoms with Crippen molar-refractivity contribution in [3.05, 3.63) is 28.2 Å². The number of halogens is 1. The maximum atomic E-state index is 5.93. The summed E-state index contributed by atoms with van der Waals surface area (Å²) in [5.41, 5.74) is 7.10. The highest BCUT2D eigenvalue weighted by atomic mass is 79.9. The van der Waals surface area contributed by atoms with Crippen LogP contribution in [0, 0.1) is 6.92 Å². The van der Waals surface area contributed by atoms with Gasteiger partial charge in [0, 0.05) is 4.47 Å². The largest absolute Gasteiger partial charge is 0.492 e.